The predicted molar refractivity (Wildman–Crippen MR) is 78.6 cm³/mol. The summed E-state index contributed by atoms with van der Waals surface area (Å²) in [5.41, 5.74) is 2.53. The van der Waals surface area contributed by atoms with Gasteiger partial charge in [-0.15, -0.1) is 0 Å². The molecule has 2 aromatic rings. The number of carbonyl (C=O) groups is 1. The van der Waals surface area contributed by atoms with Gasteiger partial charge in [-0.05, 0) is 45.3 Å². The van der Waals surface area contributed by atoms with Crippen LogP contribution in [0.1, 0.15) is 10.4 Å². The number of carbonyl (C=O) groups excluding carboxylic acids is 1. The third-order valence-corrected chi connectivity index (χ3v) is 3.94. The largest absolute Gasteiger partial charge is 0.465 e. The molecule has 0 bridgehead atoms. The average molecular weight is 370 g/mol. The molecule has 0 aromatic heterocycles. The maximum atomic E-state index is 11.6. The van der Waals surface area contributed by atoms with Crippen LogP contribution in [-0.4, -0.2) is 13.1 Å². The van der Waals surface area contributed by atoms with Crippen LogP contribution in [0.4, 0.5) is 0 Å². The van der Waals surface area contributed by atoms with Gasteiger partial charge >= 0.3 is 5.97 Å². The first kappa shape index (κ1) is 13.3. The molecule has 0 radical (unpaired) electrons. The molecule has 2 rings (SSSR count). The molecule has 92 valence electrons. The molecule has 0 aliphatic carbocycles. The van der Waals surface area contributed by atoms with Gasteiger partial charge in [0, 0.05) is 8.95 Å². The highest BCUT2D eigenvalue weighted by molar-refractivity contribution is 9.11. The van der Waals surface area contributed by atoms with Crippen molar-refractivity contribution in [3.8, 4) is 11.1 Å². The van der Waals surface area contributed by atoms with Crippen molar-refractivity contribution in [2.45, 2.75) is 0 Å². The van der Waals surface area contributed by atoms with Gasteiger partial charge in [0.15, 0.2) is 0 Å². The Kier molecular flexibility index (Phi) is 4.19. The van der Waals surface area contributed by atoms with E-state index < -0.39 is 0 Å². The molecule has 2 aromatic carbocycles. The molecule has 0 unspecified atom stereocenters. The lowest BCUT2D eigenvalue weighted by atomic mass is 10.0. The lowest BCUT2D eigenvalue weighted by Crippen LogP contribution is -2.02. The van der Waals surface area contributed by atoms with Crippen molar-refractivity contribution in [3.63, 3.8) is 0 Å². The lowest BCUT2D eigenvalue weighted by Gasteiger charge is -2.08. The average Bonchev–Trinajstić information content (AvgIpc) is 2.39. The fourth-order valence-corrected chi connectivity index (χ4v) is 2.57. The van der Waals surface area contributed by atoms with E-state index in [1.54, 1.807) is 6.07 Å². The van der Waals surface area contributed by atoms with Crippen LogP contribution in [0.25, 0.3) is 11.1 Å². The molecular weight excluding hydrogens is 360 g/mol. The summed E-state index contributed by atoms with van der Waals surface area (Å²) in [6, 6.07) is 13.4. The minimum Gasteiger partial charge on any atom is -0.465 e. The summed E-state index contributed by atoms with van der Waals surface area (Å²) < 4.78 is 6.52. The van der Waals surface area contributed by atoms with Crippen molar-refractivity contribution in [2.24, 2.45) is 0 Å². The van der Waals surface area contributed by atoms with Crippen LogP contribution in [0.3, 0.4) is 0 Å². The van der Waals surface area contributed by atoms with E-state index in [1.165, 1.54) is 7.11 Å². The van der Waals surface area contributed by atoms with E-state index in [-0.39, 0.29) is 5.97 Å². The second-order valence-electron chi connectivity index (χ2n) is 3.67. The normalized spacial score (nSPS) is 10.2. The zero-order valence-corrected chi connectivity index (χ0v) is 12.8. The van der Waals surface area contributed by atoms with Gasteiger partial charge in [0.25, 0.3) is 0 Å². The summed E-state index contributed by atoms with van der Waals surface area (Å²) in [5.74, 6) is -0.346. The van der Waals surface area contributed by atoms with Crippen molar-refractivity contribution in [3.05, 3.63) is 57.0 Å². The van der Waals surface area contributed by atoms with Crippen molar-refractivity contribution in [2.75, 3.05) is 7.11 Å². The first-order valence-electron chi connectivity index (χ1n) is 5.26. The highest BCUT2D eigenvalue weighted by Crippen LogP contribution is 2.32. The number of methoxy groups -OCH3 is 1. The maximum absolute atomic E-state index is 11.6. The second-order valence-corrected chi connectivity index (χ2v) is 5.37. The van der Waals surface area contributed by atoms with Crippen LogP contribution in [-0.2, 0) is 4.74 Å². The van der Waals surface area contributed by atoms with Gasteiger partial charge in [-0.3, -0.25) is 0 Å². The summed E-state index contributed by atoms with van der Waals surface area (Å²) in [7, 11) is 1.38. The molecule has 0 spiro atoms. The third kappa shape index (κ3) is 2.65. The van der Waals surface area contributed by atoms with Crippen molar-refractivity contribution in [1.82, 2.24) is 0 Å². The van der Waals surface area contributed by atoms with Crippen molar-refractivity contribution < 1.29 is 9.53 Å². The van der Waals surface area contributed by atoms with Crippen LogP contribution in [0.5, 0.6) is 0 Å². The summed E-state index contributed by atoms with van der Waals surface area (Å²) >= 11 is 6.86. The first-order valence-corrected chi connectivity index (χ1v) is 6.85. The van der Waals surface area contributed by atoms with E-state index in [0.717, 1.165) is 20.1 Å². The number of rotatable bonds is 2. The van der Waals surface area contributed by atoms with Crippen LogP contribution < -0.4 is 0 Å². The number of benzene rings is 2. The zero-order valence-electron chi connectivity index (χ0n) is 9.61. The Morgan fingerprint density at radius 1 is 1.06 bits per heavy atom. The summed E-state index contributed by atoms with van der Waals surface area (Å²) in [6.07, 6.45) is 0. The molecule has 0 N–H and O–H groups in total. The van der Waals surface area contributed by atoms with Gasteiger partial charge < -0.3 is 4.74 Å². The molecule has 0 heterocycles. The SMILES string of the molecule is COC(=O)c1cccc(-c2ccc(Br)cc2)c1Br. The Hall–Kier alpha value is -1.13. The monoisotopic (exact) mass is 368 g/mol. The number of esters is 1. The fraction of sp³-hybridized carbons (Fsp3) is 0.0714. The molecule has 2 nitrogen and oxygen atoms in total. The maximum Gasteiger partial charge on any atom is 0.339 e. The molecule has 0 fully saturated rings. The fourth-order valence-electron chi connectivity index (χ4n) is 1.65. The first-order chi connectivity index (χ1) is 8.63. The van der Waals surface area contributed by atoms with Crippen molar-refractivity contribution in [1.29, 1.82) is 0 Å². The molecule has 0 saturated heterocycles. The highest BCUT2D eigenvalue weighted by atomic mass is 79.9. The number of halogens is 2. The van der Waals surface area contributed by atoms with Crippen LogP contribution in [0.2, 0.25) is 0 Å². The molecule has 18 heavy (non-hydrogen) atoms. The Morgan fingerprint density at radius 2 is 1.72 bits per heavy atom. The Morgan fingerprint density at radius 3 is 2.33 bits per heavy atom. The molecule has 0 aliphatic heterocycles. The Balaban J connectivity index is 2.52. The van der Waals surface area contributed by atoms with E-state index in [0.29, 0.717) is 5.56 Å². The molecule has 0 atom stereocenters. The lowest BCUT2D eigenvalue weighted by molar-refractivity contribution is 0.0600. The summed E-state index contributed by atoms with van der Waals surface area (Å²) in [5, 5.41) is 0. The van der Waals surface area contributed by atoms with E-state index in [4.69, 9.17) is 4.74 Å². The van der Waals surface area contributed by atoms with E-state index >= 15 is 0 Å². The summed E-state index contributed by atoms with van der Waals surface area (Å²) in [6.45, 7) is 0. The van der Waals surface area contributed by atoms with Gasteiger partial charge in [0.05, 0.1) is 12.7 Å². The minimum absolute atomic E-state index is 0.346. The minimum atomic E-state index is -0.346. The standard InChI is InChI=1S/C14H10Br2O2/c1-18-14(17)12-4-2-3-11(13(12)16)9-5-7-10(15)8-6-9/h2-8H,1H3. The van der Waals surface area contributed by atoms with Crippen LogP contribution >= 0.6 is 31.9 Å². The van der Waals surface area contributed by atoms with Gasteiger partial charge in [-0.1, -0.05) is 40.2 Å². The van der Waals surface area contributed by atoms with Gasteiger partial charge in [0.2, 0.25) is 0 Å². The van der Waals surface area contributed by atoms with E-state index in [2.05, 4.69) is 31.9 Å². The predicted octanol–water partition coefficient (Wildman–Crippen LogP) is 4.67. The van der Waals surface area contributed by atoms with Crippen LogP contribution in [0, 0.1) is 0 Å². The molecule has 4 heteroatoms. The smallest absolute Gasteiger partial charge is 0.339 e. The highest BCUT2D eigenvalue weighted by Gasteiger charge is 2.13. The molecular formula is C14H10Br2O2. The van der Waals surface area contributed by atoms with Crippen LogP contribution in [0.15, 0.2) is 51.4 Å². The number of hydrogen-bond acceptors (Lipinski definition) is 2. The zero-order chi connectivity index (χ0) is 13.1. The van der Waals surface area contributed by atoms with E-state index in [1.807, 2.05) is 36.4 Å². The van der Waals surface area contributed by atoms with E-state index in [9.17, 15) is 4.79 Å². The summed E-state index contributed by atoms with van der Waals surface area (Å²) in [4.78, 5) is 11.6. The van der Waals surface area contributed by atoms with Gasteiger partial charge in [0.1, 0.15) is 0 Å². The number of ether oxygens (including phenoxy) is 1. The topological polar surface area (TPSA) is 26.3 Å². The second kappa shape index (κ2) is 5.67. The molecule has 0 saturated carbocycles. The van der Waals surface area contributed by atoms with Gasteiger partial charge in [-0.25, -0.2) is 4.79 Å². The number of hydrogen-bond donors (Lipinski definition) is 0. The van der Waals surface area contributed by atoms with Crippen molar-refractivity contribution >= 4 is 37.8 Å². The molecule has 0 amide bonds. The Bertz CT molecular complexity index is 577. The van der Waals surface area contributed by atoms with Gasteiger partial charge in [-0.2, -0.15) is 0 Å². The quantitative estimate of drug-likeness (QED) is 0.719. The third-order valence-electron chi connectivity index (χ3n) is 2.56. The molecule has 0 aliphatic rings. The Labute approximate surface area is 122 Å².